The lowest BCUT2D eigenvalue weighted by Gasteiger charge is -2.29. The molecule has 0 saturated carbocycles. The van der Waals surface area contributed by atoms with E-state index in [2.05, 4.69) is 33.0 Å². The average Bonchev–Trinajstić information content (AvgIpc) is 2.36. The molecule has 0 bridgehead atoms. The minimum absolute atomic E-state index is 0.0643. The predicted octanol–water partition coefficient (Wildman–Crippen LogP) is 2.59. The number of non-ortho nitro benzene ring substituents is 1. The van der Waals surface area contributed by atoms with E-state index in [1.807, 2.05) is 0 Å². The fraction of sp³-hybridized carbons (Fsp3) is 0.500. The molecule has 0 aromatic heterocycles. The van der Waals surface area contributed by atoms with Crippen LogP contribution in [-0.2, 0) is 0 Å². The molecule has 0 unspecified atom stereocenters. The van der Waals surface area contributed by atoms with E-state index >= 15 is 0 Å². The molecule has 0 spiro atoms. The van der Waals surface area contributed by atoms with Crippen molar-refractivity contribution in [3.63, 3.8) is 0 Å². The van der Waals surface area contributed by atoms with Crippen molar-refractivity contribution in [2.75, 3.05) is 12.3 Å². The Labute approximate surface area is 118 Å². The first kappa shape index (κ1) is 15.9. The van der Waals surface area contributed by atoms with Crippen LogP contribution >= 0.6 is 0 Å². The van der Waals surface area contributed by atoms with Crippen molar-refractivity contribution in [3.8, 4) is 0 Å². The van der Waals surface area contributed by atoms with Crippen LogP contribution in [0.25, 0.3) is 0 Å². The van der Waals surface area contributed by atoms with Crippen LogP contribution in [0.5, 0.6) is 0 Å². The van der Waals surface area contributed by atoms with Gasteiger partial charge in [-0.15, -0.1) is 0 Å². The van der Waals surface area contributed by atoms with Gasteiger partial charge in [-0.1, -0.05) is 27.7 Å². The van der Waals surface area contributed by atoms with Crippen LogP contribution in [0.3, 0.4) is 0 Å². The van der Waals surface area contributed by atoms with Crippen molar-refractivity contribution in [3.05, 3.63) is 33.9 Å². The number of benzene rings is 1. The second-order valence-electron chi connectivity index (χ2n) is 5.85. The number of hydrogen-bond donors (Lipinski definition) is 2. The third-order valence-electron chi connectivity index (χ3n) is 3.76. The van der Waals surface area contributed by atoms with Gasteiger partial charge >= 0.3 is 0 Å². The van der Waals surface area contributed by atoms with Crippen LogP contribution < -0.4 is 11.1 Å². The zero-order valence-corrected chi connectivity index (χ0v) is 12.3. The molecule has 110 valence electrons. The van der Waals surface area contributed by atoms with E-state index in [1.165, 1.54) is 18.2 Å². The second kappa shape index (κ2) is 5.90. The van der Waals surface area contributed by atoms with Gasteiger partial charge in [0.1, 0.15) is 0 Å². The number of rotatable bonds is 5. The fourth-order valence-corrected chi connectivity index (χ4v) is 1.46. The highest BCUT2D eigenvalue weighted by Gasteiger charge is 2.24. The number of anilines is 1. The Balaban J connectivity index is 2.88. The highest BCUT2D eigenvalue weighted by molar-refractivity contribution is 5.99. The Hall–Kier alpha value is -2.11. The maximum Gasteiger partial charge on any atom is 0.270 e. The number of nitro benzene ring substituents is 1. The SMILES string of the molecule is CC(C)C(C)(C)CNC(=O)c1cc([N+](=O)[O-])ccc1N. The highest BCUT2D eigenvalue weighted by Crippen LogP contribution is 2.25. The number of nitrogen functional groups attached to an aromatic ring is 1. The molecule has 0 atom stereocenters. The summed E-state index contributed by atoms with van der Waals surface area (Å²) in [5.41, 5.74) is 5.87. The Bertz CT molecular complexity index is 524. The van der Waals surface area contributed by atoms with Crippen molar-refractivity contribution in [1.29, 1.82) is 0 Å². The van der Waals surface area contributed by atoms with Crippen LogP contribution in [0.2, 0.25) is 0 Å². The van der Waals surface area contributed by atoms with Gasteiger partial charge in [0.25, 0.3) is 11.6 Å². The molecule has 0 saturated heterocycles. The van der Waals surface area contributed by atoms with Gasteiger partial charge in [-0.05, 0) is 17.4 Å². The summed E-state index contributed by atoms with van der Waals surface area (Å²) in [6.07, 6.45) is 0. The van der Waals surface area contributed by atoms with Gasteiger partial charge in [0.2, 0.25) is 0 Å². The van der Waals surface area contributed by atoms with Gasteiger partial charge in [-0.3, -0.25) is 14.9 Å². The number of nitrogens with two attached hydrogens (primary N) is 1. The molecular weight excluding hydrogens is 258 g/mol. The molecule has 0 fully saturated rings. The van der Waals surface area contributed by atoms with E-state index in [4.69, 9.17) is 5.73 Å². The van der Waals surface area contributed by atoms with E-state index in [-0.39, 0.29) is 28.3 Å². The lowest BCUT2D eigenvalue weighted by Crippen LogP contribution is -2.37. The van der Waals surface area contributed by atoms with E-state index < -0.39 is 4.92 Å². The second-order valence-corrected chi connectivity index (χ2v) is 5.85. The van der Waals surface area contributed by atoms with Crippen molar-refractivity contribution in [2.24, 2.45) is 11.3 Å². The molecule has 1 amide bonds. The summed E-state index contributed by atoms with van der Waals surface area (Å²) < 4.78 is 0. The molecule has 0 aliphatic rings. The maximum atomic E-state index is 12.1. The van der Waals surface area contributed by atoms with Gasteiger partial charge in [-0.2, -0.15) is 0 Å². The van der Waals surface area contributed by atoms with Gasteiger partial charge in [-0.25, -0.2) is 0 Å². The lowest BCUT2D eigenvalue weighted by atomic mass is 9.81. The number of hydrogen-bond acceptors (Lipinski definition) is 4. The molecule has 3 N–H and O–H groups in total. The third kappa shape index (κ3) is 3.69. The molecule has 1 aromatic carbocycles. The van der Waals surface area contributed by atoms with Crippen LogP contribution in [0.4, 0.5) is 11.4 Å². The van der Waals surface area contributed by atoms with Gasteiger partial charge in [0.15, 0.2) is 0 Å². The Morgan fingerprint density at radius 1 is 1.45 bits per heavy atom. The van der Waals surface area contributed by atoms with Gasteiger partial charge in [0.05, 0.1) is 10.5 Å². The number of carbonyl (C=O) groups excluding carboxylic acids is 1. The van der Waals surface area contributed by atoms with Crippen molar-refractivity contribution in [1.82, 2.24) is 5.32 Å². The molecule has 0 radical (unpaired) electrons. The zero-order valence-electron chi connectivity index (χ0n) is 12.3. The minimum atomic E-state index is -0.547. The predicted molar refractivity (Wildman–Crippen MR) is 78.5 cm³/mol. The van der Waals surface area contributed by atoms with Crippen LogP contribution in [0, 0.1) is 21.4 Å². The standard InChI is InChI=1S/C14H21N3O3/c1-9(2)14(3,4)8-16-13(18)11-7-10(17(19)20)5-6-12(11)15/h5-7,9H,8,15H2,1-4H3,(H,16,18). The smallest absolute Gasteiger partial charge is 0.270 e. The first-order valence-corrected chi connectivity index (χ1v) is 6.47. The summed E-state index contributed by atoms with van der Waals surface area (Å²) in [6, 6.07) is 3.86. The molecular formula is C14H21N3O3. The van der Waals surface area contributed by atoms with Gasteiger partial charge < -0.3 is 11.1 Å². The zero-order chi connectivity index (χ0) is 15.5. The van der Waals surface area contributed by atoms with Crippen LogP contribution in [0.15, 0.2) is 18.2 Å². The molecule has 0 aliphatic carbocycles. The maximum absolute atomic E-state index is 12.1. The quantitative estimate of drug-likeness (QED) is 0.491. The number of amides is 1. The third-order valence-corrected chi connectivity index (χ3v) is 3.76. The summed E-state index contributed by atoms with van der Waals surface area (Å²) in [5.74, 6) is 0.00480. The molecule has 1 aromatic rings. The summed E-state index contributed by atoms with van der Waals surface area (Å²) in [6.45, 7) is 8.73. The topological polar surface area (TPSA) is 98.3 Å². The lowest BCUT2D eigenvalue weighted by molar-refractivity contribution is -0.384. The van der Waals surface area contributed by atoms with E-state index in [0.29, 0.717) is 12.5 Å². The normalized spacial score (nSPS) is 11.4. The molecule has 0 heterocycles. The number of nitro groups is 1. The summed E-state index contributed by atoms with van der Waals surface area (Å²) in [5, 5.41) is 13.5. The van der Waals surface area contributed by atoms with E-state index in [0.717, 1.165) is 0 Å². The van der Waals surface area contributed by atoms with Crippen molar-refractivity contribution >= 4 is 17.3 Å². The highest BCUT2D eigenvalue weighted by atomic mass is 16.6. The van der Waals surface area contributed by atoms with E-state index in [9.17, 15) is 14.9 Å². The first-order valence-electron chi connectivity index (χ1n) is 6.47. The molecule has 0 aliphatic heterocycles. The molecule has 20 heavy (non-hydrogen) atoms. The Morgan fingerprint density at radius 3 is 2.55 bits per heavy atom. The van der Waals surface area contributed by atoms with Crippen molar-refractivity contribution in [2.45, 2.75) is 27.7 Å². The Kier molecular flexibility index (Phi) is 4.70. The number of nitrogens with one attached hydrogen (secondary N) is 1. The minimum Gasteiger partial charge on any atom is -0.398 e. The van der Waals surface area contributed by atoms with Crippen LogP contribution in [0.1, 0.15) is 38.1 Å². The largest absolute Gasteiger partial charge is 0.398 e. The Morgan fingerprint density at radius 2 is 2.05 bits per heavy atom. The summed E-state index contributed by atoms with van der Waals surface area (Å²) in [4.78, 5) is 22.3. The number of nitrogens with zero attached hydrogens (tertiary/aromatic N) is 1. The molecule has 6 nitrogen and oxygen atoms in total. The average molecular weight is 279 g/mol. The van der Waals surface area contributed by atoms with E-state index in [1.54, 1.807) is 0 Å². The van der Waals surface area contributed by atoms with Crippen molar-refractivity contribution < 1.29 is 9.72 Å². The molecule has 1 rings (SSSR count). The first-order chi connectivity index (χ1) is 9.15. The molecule has 6 heteroatoms. The van der Waals surface area contributed by atoms with Crippen LogP contribution in [-0.4, -0.2) is 17.4 Å². The van der Waals surface area contributed by atoms with Gasteiger partial charge in [0, 0.05) is 24.4 Å². The fourth-order valence-electron chi connectivity index (χ4n) is 1.46. The summed E-state index contributed by atoms with van der Waals surface area (Å²) in [7, 11) is 0. The number of carbonyl (C=O) groups is 1. The monoisotopic (exact) mass is 279 g/mol. The summed E-state index contributed by atoms with van der Waals surface area (Å²) >= 11 is 0.